The minimum Gasteiger partial charge on any atom is -0.321 e. The van der Waals surface area contributed by atoms with E-state index in [0.29, 0.717) is 59.9 Å². The van der Waals surface area contributed by atoms with E-state index < -0.39 is 15.9 Å². The number of piperidine rings is 1. The summed E-state index contributed by atoms with van der Waals surface area (Å²) in [5.74, 6) is 0.254. The average Bonchev–Trinajstić information content (AvgIpc) is 3.20. The van der Waals surface area contributed by atoms with Crippen molar-refractivity contribution in [2.45, 2.75) is 38.0 Å². The van der Waals surface area contributed by atoms with E-state index in [0.717, 1.165) is 12.8 Å². The number of hydrogen-bond donors (Lipinski definition) is 1. The zero-order valence-electron chi connectivity index (χ0n) is 18.8. The summed E-state index contributed by atoms with van der Waals surface area (Å²) in [5.41, 5.74) is 1.39. The van der Waals surface area contributed by atoms with Gasteiger partial charge in [-0.3, -0.25) is 9.59 Å². The number of sulfonamides is 1. The molecule has 2 aliphatic rings. The van der Waals surface area contributed by atoms with Gasteiger partial charge < -0.3 is 10.2 Å². The first-order valence-corrected chi connectivity index (χ1v) is 13.0. The third kappa shape index (κ3) is 5.08. The van der Waals surface area contributed by atoms with E-state index in [1.807, 2.05) is 0 Å². The van der Waals surface area contributed by atoms with E-state index in [4.69, 9.17) is 11.6 Å². The molecule has 1 N–H and O–H groups in total. The van der Waals surface area contributed by atoms with Crippen molar-refractivity contribution in [3.8, 4) is 0 Å². The van der Waals surface area contributed by atoms with Gasteiger partial charge in [-0.2, -0.15) is 4.31 Å². The molecule has 33 heavy (non-hydrogen) atoms. The van der Waals surface area contributed by atoms with Crippen LogP contribution in [-0.2, 0) is 14.8 Å². The van der Waals surface area contributed by atoms with Crippen LogP contribution in [0.3, 0.4) is 0 Å². The number of rotatable bonds is 5. The Bertz CT molecular complexity index is 1160. The Kier molecular flexibility index (Phi) is 6.79. The van der Waals surface area contributed by atoms with Crippen molar-refractivity contribution >= 4 is 44.8 Å². The molecule has 0 radical (unpaired) electrons. The van der Waals surface area contributed by atoms with Gasteiger partial charge in [0.25, 0.3) is 5.91 Å². The maximum absolute atomic E-state index is 13.1. The predicted molar refractivity (Wildman–Crippen MR) is 129 cm³/mol. The molecule has 9 heteroatoms. The summed E-state index contributed by atoms with van der Waals surface area (Å²) in [4.78, 5) is 26.7. The molecule has 4 rings (SSSR count). The SMILES string of the molecule is CC1CC(C)CN(S(=O)(=O)c2ccc(C(=O)Nc3cc(N4CCCC4=O)ccc3Cl)cc2)C1. The summed E-state index contributed by atoms with van der Waals surface area (Å²) in [6.07, 6.45) is 2.32. The van der Waals surface area contributed by atoms with Crippen molar-refractivity contribution < 1.29 is 18.0 Å². The van der Waals surface area contributed by atoms with Crippen LogP contribution >= 0.6 is 11.6 Å². The van der Waals surface area contributed by atoms with Crippen molar-refractivity contribution in [1.82, 2.24) is 4.31 Å². The minimum absolute atomic E-state index is 0.0453. The lowest BCUT2D eigenvalue weighted by atomic mass is 9.94. The number of anilines is 2. The van der Waals surface area contributed by atoms with Crippen molar-refractivity contribution in [2.75, 3.05) is 29.9 Å². The Hall–Kier alpha value is -2.42. The Morgan fingerprint density at radius 1 is 1.06 bits per heavy atom. The molecule has 0 saturated carbocycles. The van der Waals surface area contributed by atoms with Crippen molar-refractivity contribution in [2.24, 2.45) is 11.8 Å². The average molecular weight is 490 g/mol. The van der Waals surface area contributed by atoms with E-state index in [9.17, 15) is 18.0 Å². The molecule has 0 aliphatic carbocycles. The standard InChI is InChI=1S/C24H28ClN3O4S/c1-16-12-17(2)15-27(14-16)33(31,32)20-8-5-18(6-9-20)24(30)26-22-13-19(7-10-21(22)25)28-11-3-4-23(28)29/h5-10,13,16-17H,3-4,11-12,14-15H2,1-2H3,(H,26,30). The quantitative estimate of drug-likeness (QED) is 0.675. The second-order valence-corrected chi connectivity index (χ2v) is 11.4. The first kappa shape index (κ1) is 23.7. The second-order valence-electron chi connectivity index (χ2n) is 9.06. The number of nitrogens with zero attached hydrogens (tertiary/aromatic N) is 2. The molecule has 0 spiro atoms. The van der Waals surface area contributed by atoms with E-state index in [1.54, 1.807) is 23.1 Å². The van der Waals surface area contributed by atoms with Gasteiger partial charge in [-0.25, -0.2) is 8.42 Å². The van der Waals surface area contributed by atoms with Crippen LogP contribution in [0.2, 0.25) is 5.02 Å². The Balaban J connectivity index is 1.49. The van der Waals surface area contributed by atoms with Gasteiger partial charge in [0, 0.05) is 37.3 Å². The summed E-state index contributed by atoms with van der Waals surface area (Å²) >= 11 is 6.26. The highest BCUT2D eigenvalue weighted by molar-refractivity contribution is 7.89. The maximum atomic E-state index is 13.1. The van der Waals surface area contributed by atoms with Crippen LogP contribution in [0.15, 0.2) is 47.4 Å². The molecule has 2 unspecified atom stereocenters. The topological polar surface area (TPSA) is 86.8 Å². The van der Waals surface area contributed by atoms with Crippen LogP contribution in [0, 0.1) is 11.8 Å². The first-order chi connectivity index (χ1) is 15.6. The fourth-order valence-corrected chi connectivity index (χ4v) is 6.47. The van der Waals surface area contributed by atoms with Crippen molar-refractivity contribution in [3.63, 3.8) is 0 Å². The number of halogens is 1. The first-order valence-electron chi connectivity index (χ1n) is 11.2. The number of benzene rings is 2. The number of carbonyl (C=O) groups is 2. The molecular formula is C24H28ClN3O4S. The lowest BCUT2D eigenvalue weighted by molar-refractivity contribution is -0.117. The number of hydrogen-bond acceptors (Lipinski definition) is 4. The number of nitrogens with one attached hydrogen (secondary N) is 1. The molecule has 2 aromatic rings. The lowest BCUT2D eigenvalue weighted by Gasteiger charge is -2.34. The van der Waals surface area contributed by atoms with Crippen LogP contribution in [0.4, 0.5) is 11.4 Å². The molecule has 2 aliphatic heterocycles. The summed E-state index contributed by atoms with van der Waals surface area (Å²) in [7, 11) is -3.61. The molecule has 176 valence electrons. The van der Waals surface area contributed by atoms with E-state index >= 15 is 0 Å². The molecule has 2 saturated heterocycles. The third-order valence-electron chi connectivity index (χ3n) is 6.17. The zero-order chi connectivity index (χ0) is 23.8. The fourth-order valence-electron chi connectivity index (χ4n) is 4.62. The zero-order valence-corrected chi connectivity index (χ0v) is 20.3. The lowest BCUT2D eigenvalue weighted by Crippen LogP contribution is -2.42. The summed E-state index contributed by atoms with van der Waals surface area (Å²) in [5, 5.41) is 3.12. The highest BCUT2D eigenvalue weighted by Crippen LogP contribution is 2.31. The third-order valence-corrected chi connectivity index (χ3v) is 8.35. The van der Waals surface area contributed by atoms with Crippen LogP contribution in [-0.4, -0.2) is 44.2 Å². The Morgan fingerprint density at radius 3 is 2.33 bits per heavy atom. The summed E-state index contributed by atoms with van der Waals surface area (Å²) < 4.78 is 27.7. The van der Waals surface area contributed by atoms with Gasteiger partial charge in [-0.15, -0.1) is 0 Å². The highest BCUT2D eigenvalue weighted by atomic mass is 35.5. The highest BCUT2D eigenvalue weighted by Gasteiger charge is 2.31. The van der Waals surface area contributed by atoms with Crippen LogP contribution in [0.1, 0.15) is 43.5 Å². The van der Waals surface area contributed by atoms with E-state index in [1.165, 1.54) is 28.6 Å². The molecule has 2 aromatic carbocycles. The summed E-state index contributed by atoms with van der Waals surface area (Å²) in [6, 6.07) is 11.0. The van der Waals surface area contributed by atoms with Crippen molar-refractivity contribution in [1.29, 1.82) is 0 Å². The fraction of sp³-hybridized carbons (Fsp3) is 0.417. The second kappa shape index (κ2) is 9.44. The van der Waals surface area contributed by atoms with Gasteiger partial charge in [-0.05, 0) is 67.1 Å². The summed E-state index contributed by atoms with van der Waals surface area (Å²) in [6.45, 7) is 5.77. The van der Waals surface area contributed by atoms with Gasteiger partial charge in [0.05, 0.1) is 15.6 Å². The van der Waals surface area contributed by atoms with E-state index in [-0.39, 0.29) is 10.8 Å². The normalized spacial score (nSPS) is 21.9. The van der Waals surface area contributed by atoms with Gasteiger partial charge >= 0.3 is 0 Å². The molecule has 0 aromatic heterocycles. The van der Waals surface area contributed by atoms with Gasteiger partial charge in [0.1, 0.15) is 0 Å². The molecule has 0 bridgehead atoms. The van der Waals surface area contributed by atoms with Crippen LogP contribution in [0.25, 0.3) is 0 Å². The van der Waals surface area contributed by atoms with Gasteiger partial charge in [0.2, 0.25) is 15.9 Å². The van der Waals surface area contributed by atoms with Gasteiger partial charge in [-0.1, -0.05) is 25.4 Å². The molecule has 2 heterocycles. The monoisotopic (exact) mass is 489 g/mol. The van der Waals surface area contributed by atoms with E-state index in [2.05, 4.69) is 19.2 Å². The Labute approximate surface area is 199 Å². The largest absolute Gasteiger partial charge is 0.321 e. The molecule has 7 nitrogen and oxygen atoms in total. The van der Waals surface area contributed by atoms with Crippen molar-refractivity contribution in [3.05, 3.63) is 53.1 Å². The predicted octanol–water partition coefficient (Wildman–Crippen LogP) is 4.39. The van der Waals surface area contributed by atoms with Crippen LogP contribution in [0.5, 0.6) is 0 Å². The minimum atomic E-state index is -3.61. The Morgan fingerprint density at radius 2 is 1.73 bits per heavy atom. The number of amides is 2. The van der Waals surface area contributed by atoms with Crippen LogP contribution < -0.4 is 10.2 Å². The smallest absolute Gasteiger partial charge is 0.255 e. The molecule has 2 amide bonds. The maximum Gasteiger partial charge on any atom is 0.255 e. The van der Waals surface area contributed by atoms with Gasteiger partial charge in [0.15, 0.2) is 0 Å². The molecule has 2 atom stereocenters. The number of carbonyl (C=O) groups excluding carboxylic acids is 2. The molecular weight excluding hydrogens is 462 g/mol. The molecule has 2 fully saturated rings.